The molecule has 0 unspecified atom stereocenters. The number of rotatable bonds is 1. The molecule has 7 heteroatoms. The molecule has 0 fully saturated rings. The minimum absolute atomic E-state index is 0.183. The maximum atomic E-state index is 12.3. The molecule has 0 bridgehead atoms. The first-order valence-corrected chi connectivity index (χ1v) is 5.38. The Morgan fingerprint density at radius 1 is 1.38 bits per heavy atom. The Labute approximate surface area is 97.3 Å². The molecule has 0 saturated heterocycles. The zero-order valence-electron chi connectivity index (χ0n) is 7.62. The molecule has 2 aromatic rings. The lowest BCUT2D eigenvalue weighted by atomic mass is 10.2. The summed E-state index contributed by atoms with van der Waals surface area (Å²) in [5.41, 5.74) is 0.357. The van der Waals surface area contributed by atoms with Gasteiger partial charge in [0.25, 0.3) is 0 Å². The fourth-order valence-electron chi connectivity index (χ4n) is 1.21. The first-order valence-electron chi connectivity index (χ1n) is 4.18. The van der Waals surface area contributed by atoms with E-state index >= 15 is 0 Å². The van der Waals surface area contributed by atoms with E-state index < -0.39 is 12.3 Å². The summed E-state index contributed by atoms with van der Waals surface area (Å²) in [5, 5.41) is 9.26. The van der Waals surface area contributed by atoms with Gasteiger partial charge in [-0.15, -0.1) is 11.3 Å². The topological polar surface area (TPSA) is 33.1 Å². The van der Waals surface area contributed by atoms with Crippen molar-refractivity contribution in [1.29, 1.82) is 0 Å². The zero-order chi connectivity index (χ0) is 11.9. The van der Waals surface area contributed by atoms with Crippen molar-refractivity contribution in [2.24, 2.45) is 0 Å². The van der Waals surface area contributed by atoms with Crippen molar-refractivity contribution in [2.45, 2.75) is 12.3 Å². The molecule has 16 heavy (non-hydrogen) atoms. The summed E-state index contributed by atoms with van der Waals surface area (Å²) in [6.45, 7) is 0. The van der Waals surface area contributed by atoms with E-state index in [2.05, 4.69) is 4.98 Å². The van der Waals surface area contributed by atoms with E-state index in [1.54, 1.807) is 6.07 Å². The van der Waals surface area contributed by atoms with Gasteiger partial charge >= 0.3 is 6.18 Å². The summed E-state index contributed by atoms with van der Waals surface area (Å²) < 4.78 is 37.3. The number of aliphatic hydroxyl groups is 1. The Kier molecular flexibility index (Phi) is 2.81. The van der Waals surface area contributed by atoms with Crippen LogP contribution >= 0.6 is 22.9 Å². The first-order chi connectivity index (χ1) is 7.38. The molecule has 2 nitrogen and oxygen atoms in total. The van der Waals surface area contributed by atoms with Crippen LogP contribution in [0.4, 0.5) is 13.2 Å². The second-order valence-corrected chi connectivity index (χ2v) is 4.61. The molecule has 1 atom stereocenters. The Morgan fingerprint density at radius 3 is 2.69 bits per heavy atom. The molecule has 2 rings (SSSR count). The molecule has 2 heterocycles. The monoisotopic (exact) mass is 267 g/mol. The number of halogens is 4. The number of fused-ring (bicyclic) bond motifs is 1. The Hall–Kier alpha value is -0.850. The van der Waals surface area contributed by atoms with Crippen molar-refractivity contribution in [3.05, 3.63) is 28.2 Å². The van der Waals surface area contributed by atoms with Crippen molar-refractivity contribution in [3.8, 4) is 0 Å². The van der Waals surface area contributed by atoms with Crippen LogP contribution in [-0.4, -0.2) is 16.3 Å². The van der Waals surface area contributed by atoms with Crippen molar-refractivity contribution in [1.82, 2.24) is 4.98 Å². The Morgan fingerprint density at radius 2 is 2.06 bits per heavy atom. The predicted molar refractivity (Wildman–Crippen MR) is 55.6 cm³/mol. The average molecular weight is 268 g/mol. The van der Waals surface area contributed by atoms with Crippen LogP contribution in [0.1, 0.15) is 11.0 Å². The van der Waals surface area contributed by atoms with Gasteiger partial charge in [-0.25, -0.2) is 4.98 Å². The van der Waals surface area contributed by atoms with E-state index in [0.29, 0.717) is 10.2 Å². The van der Waals surface area contributed by atoms with E-state index in [4.69, 9.17) is 16.7 Å². The highest BCUT2D eigenvalue weighted by molar-refractivity contribution is 7.19. The molecule has 0 aliphatic carbocycles. The smallest absolute Gasteiger partial charge is 0.379 e. The molecular formula is C9H5ClF3NOS. The minimum atomic E-state index is -4.66. The van der Waals surface area contributed by atoms with Gasteiger partial charge < -0.3 is 5.11 Å². The predicted octanol–water partition coefficient (Wildman–Crippen LogP) is 3.55. The minimum Gasteiger partial charge on any atom is -0.379 e. The second-order valence-electron chi connectivity index (χ2n) is 3.11. The van der Waals surface area contributed by atoms with Crippen LogP contribution in [0.2, 0.25) is 5.15 Å². The van der Waals surface area contributed by atoms with Gasteiger partial charge in [0.1, 0.15) is 5.15 Å². The van der Waals surface area contributed by atoms with Gasteiger partial charge in [0, 0.05) is 4.88 Å². The maximum absolute atomic E-state index is 12.3. The molecule has 0 aliphatic heterocycles. The number of aliphatic hydroxyl groups excluding tert-OH is 1. The molecule has 2 aromatic heterocycles. The highest BCUT2D eigenvalue weighted by Gasteiger charge is 2.40. The van der Waals surface area contributed by atoms with E-state index in [1.807, 2.05) is 0 Å². The number of pyridine rings is 1. The van der Waals surface area contributed by atoms with Crippen molar-refractivity contribution >= 4 is 33.2 Å². The van der Waals surface area contributed by atoms with Crippen LogP contribution in [-0.2, 0) is 0 Å². The number of hydrogen-bond donors (Lipinski definition) is 1. The molecule has 0 aliphatic rings. The average Bonchev–Trinajstić information content (AvgIpc) is 2.57. The molecule has 0 radical (unpaired) electrons. The molecule has 1 N–H and O–H groups in total. The molecular weight excluding hydrogens is 263 g/mol. The lowest BCUT2D eigenvalue weighted by Gasteiger charge is -2.11. The zero-order valence-corrected chi connectivity index (χ0v) is 9.20. The van der Waals surface area contributed by atoms with Crippen molar-refractivity contribution in [2.75, 3.05) is 0 Å². The van der Waals surface area contributed by atoms with Gasteiger partial charge in [0.15, 0.2) is 6.10 Å². The number of thiophene rings is 1. The summed E-state index contributed by atoms with van der Waals surface area (Å²) in [4.78, 5) is 3.68. The molecule has 0 amide bonds. The summed E-state index contributed by atoms with van der Waals surface area (Å²) in [6, 6.07) is 4.26. The fraction of sp³-hybridized carbons (Fsp3) is 0.222. The van der Waals surface area contributed by atoms with Crippen LogP contribution in [0.15, 0.2) is 18.2 Å². The highest BCUT2D eigenvalue weighted by atomic mass is 35.5. The van der Waals surface area contributed by atoms with Gasteiger partial charge in [-0.2, -0.15) is 13.2 Å². The third-order valence-corrected chi connectivity index (χ3v) is 3.29. The van der Waals surface area contributed by atoms with Gasteiger partial charge in [0.2, 0.25) is 0 Å². The fourth-order valence-corrected chi connectivity index (χ4v) is 2.38. The number of nitrogens with zero attached hydrogens (tertiary/aromatic N) is 1. The van der Waals surface area contributed by atoms with Gasteiger partial charge in [-0.05, 0) is 18.2 Å². The third kappa shape index (κ3) is 2.14. The lowest BCUT2D eigenvalue weighted by Crippen LogP contribution is -2.18. The van der Waals surface area contributed by atoms with Crippen LogP contribution < -0.4 is 0 Å². The van der Waals surface area contributed by atoms with Gasteiger partial charge in [-0.3, -0.25) is 0 Å². The van der Waals surface area contributed by atoms with E-state index in [-0.39, 0.29) is 10.0 Å². The van der Waals surface area contributed by atoms with Gasteiger partial charge in [0.05, 0.1) is 10.2 Å². The molecule has 0 aromatic carbocycles. The second kappa shape index (κ2) is 3.87. The number of alkyl halides is 3. The Bertz CT molecular complexity index is 525. The Balaban J connectivity index is 2.47. The normalized spacial score (nSPS) is 14.3. The summed E-state index contributed by atoms with van der Waals surface area (Å²) in [7, 11) is 0. The summed E-state index contributed by atoms with van der Waals surface area (Å²) >= 11 is 6.46. The quantitative estimate of drug-likeness (QED) is 0.802. The summed E-state index contributed by atoms with van der Waals surface area (Å²) in [5.74, 6) is 0. The molecule has 86 valence electrons. The SMILES string of the molecule is O[C@H](c1cc2nc(Cl)ccc2s1)C(F)(F)F. The standard InChI is InChI=1S/C9H5ClF3NOS/c10-7-2-1-5-4(14-7)3-6(16-5)8(15)9(11,12)13/h1-3,8,15H/t8-/m1/s1. The highest BCUT2D eigenvalue weighted by Crippen LogP contribution is 2.38. The van der Waals surface area contributed by atoms with Crippen molar-refractivity contribution < 1.29 is 18.3 Å². The first kappa shape index (κ1) is 11.6. The van der Waals surface area contributed by atoms with E-state index in [0.717, 1.165) is 11.3 Å². The van der Waals surface area contributed by atoms with Crippen LogP contribution in [0, 0.1) is 0 Å². The summed E-state index contributed by atoms with van der Waals surface area (Å²) in [6.07, 6.45) is -7.13. The van der Waals surface area contributed by atoms with E-state index in [9.17, 15) is 13.2 Å². The third-order valence-electron chi connectivity index (χ3n) is 1.94. The van der Waals surface area contributed by atoms with Crippen molar-refractivity contribution in [3.63, 3.8) is 0 Å². The van der Waals surface area contributed by atoms with Crippen LogP contribution in [0.5, 0.6) is 0 Å². The molecule has 0 saturated carbocycles. The largest absolute Gasteiger partial charge is 0.419 e. The van der Waals surface area contributed by atoms with E-state index in [1.165, 1.54) is 12.1 Å². The van der Waals surface area contributed by atoms with Crippen LogP contribution in [0.25, 0.3) is 10.2 Å². The lowest BCUT2D eigenvalue weighted by molar-refractivity contribution is -0.205. The maximum Gasteiger partial charge on any atom is 0.419 e. The van der Waals surface area contributed by atoms with Crippen LogP contribution in [0.3, 0.4) is 0 Å². The number of aromatic nitrogens is 1. The molecule has 0 spiro atoms. The number of hydrogen-bond acceptors (Lipinski definition) is 3. The van der Waals surface area contributed by atoms with Gasteiger partial charge in [-0.1, -0.05) is 11.6 Å².